The lowest BCUT2D eigenvalue weighted by Crippen LogP contribution is -2.42. The minimum Gasteiger partial charge on any atom is -0.325 e. The van der Waals surface area contributed by atoms with E-state index in [1.807, 2.05) is 0 Å². The van der Waals surface area contributed by atoms with E-state index in [0.29, 0.717) is 24.1 Å². The summed E-state index contributed by atoms with van der Waals surface area (Å²) >= 11 is 0. The molecule has 2 rings (SSSR count). The highest BCUT2D eigenvalue weighted by molar-refractivity contribution is 7.90. The molecule has 0 unspecified atom stereocenters. The zero-order chi connectivity index (χ0) is 16.3. The Labute approximate surface area is 132 Å². The van der Waals surface area contributed by atoms with Gasteiger partial charge in [-0.05, 0) is 36.5 Å². The fraction of sp³-hybridized carbons (Fsp3) is 0.562. The van der Waals surface area contributed by atoms with E-state index in [1.165, 1.54) is 18.6 Å². The van der Waals surface area contributed by atoms with E-state index in [0.717, 1.165) is 19.3 Å². The van der Waals surface area contributed by atoms with Crippen molar-refractivity contribution in [3.63, 3.8) is 0 Å². The van der Waals surface area contributed by atoms with E-state index in [9.17, 15) is 13.2 Å². The molecule has 1 aliphatic heterocycles. The lowest BCUT2D eigenvalue weighted by molar-refractivity contribution is -0.117. The van der Waals surface area contributed by atoms with Crippen molar-refractivity contribution in [1.29, 1.82) is 0 Å². The Hall–Kier alpha value is -1.40. The van der Waals surface area contributed by atoms with Gasteiger partial charge in [0.05, 0.1) is 11.4 Å². The Kier molecular flexibility index (Phi) is 5.24. The lowest BCUT2D eigenvalue weighted by atomic mass is 9.92. The molecule has 0 aliphatic carbocycles. The van der Waals surface area contributed by atoms with Gasteiger partial charge >= 0.3 is 0 Å². The van der Waals surface area contributed by atoms with Crippen molar-refractivity contribution in [1.82, 2.24) is 4.90 Å². The highest BCUT2D eigenvalue weighted by Crippen LogP contribution is 2.21. The summed E-state index contributed by atoms with van der Waals surface area (Å²) in [6.45, 7) is 6.62. The molecule has 1 saturated heterocycles. The van der Waals surface area contributed by atoms with E-state index in [4.69, 9.17) is 0 Å². The number of piperidine rings is 1. The van der Waals surface area contributed by atoms with Gasteiger partial charge in [-0.25, -0.2) is 8.42 Å². The van der Waals surface area contributed by atoms with Gasteiger partial charge in [0, 0.05) is 25.0 Å². The lowest BCUT2D eigenvalue weighted by Gasteiger charge is -2.34. The van der Waals surface area contributed by atoms with Crippen LogP contribution in [0.15, 0.2) is 29.2 Å². The summed E-state index contributed by atoms with van der Waals surface area (Å²) in [7, 11) is -3.26. The molecule has 22 heavy (non-hydrogen) atoms. The summed E-state index contributed by atoms with van der Waals surface area (Å²) in [5.41, 5.74) is 0.519. The summed E-state index contributed by atoms with van der Waals surface area (Å²) in [4.78, 5) is 14.5. The second kappa shape index (κ2) is 6.79. The number of carbonyl (C=O) groups is 1. The van der Waals surface area contributed by atoms with Crippen molar-refractivity contribution in [2.24, 2.45) is 11.8 Å². The smallest absolute Gasteiger partial charge is 0.238 e. The van der Waals surface area contributed by atoms with Crippen molar-refractivity contribution < 1.29 is 13.2 Å². The number of anilines is 1. The molecule has 0 radical (unpaired) electrons. The van der Waals surface area contributed by atoms with Crippen LogP contribution in [0.1, 0.15) is 20.3 Å². The van der Waals surface area contributed by atoms with Crippen LogP contribution in [0.5, 0.6) is 0 Å². The molecule has 1 fully saturated rings. The average Bonchev–Trinajstić information content (AvgIpc) is 2.36. The zero-order valence-corrected chi connectivity index (χ0v) is 14.2. The second-order valence-electron chi connectivity index (χ2n) is 6.49. The highest BCUT2D eigenvalue weighted by Gasteiger charge is 2.23. The number of amides is 1. The monoisotopic (exact) mass is 324 g/mol. The number of rotatable bonds is 4. The van der Waals surface area contributed by atoms with Crippen LogP contribution in [0.4, 0.5) is 5.69 Å². The average molecular weight is 324 g/mol. The van der Waals surface area contributed by atoms with Crippen LogP contribution in [0.25, 0.3) is 0 Å². The molecule has 1 aromatic carbocycles. The first-order chi connectivity index (χ1) is 10.2. The van der Waals surface area contributed by atoms with Gasteiger partial charge in [0.2, 0.25) is 5.91 Å². The maximum atomic E-state index is 12.2. The summed E-state index contributed by atoms with van der Waals surface area (Å²) < 4.78 is 23.1. The van der Waals surface area contributed by atoms with Crippen LogP contribution >= 0.6 is 0 Å². The number of carbonyl (C=O) groups excluding carboxylic acids is 1. The Bertz CT molecular complexity index is 633. The molecule has 5 nitrogen and oxygen atoms in total. The van der Waals surface area contributed by atoms with Gasteiger partial charge in [0.1, 0.15) is 0 Å². The number of sulfone groups is 1. The fourth-order valence-electron chi connectivity index (χ4n) is 3.13. The Morgan fingerprint density at radius 1 is 1.27 bits per heavy atom. The standard InChI is InChI=1S/C16H24N2O3S/c1-12-7-13(2)10-18(9-12)11-16(19)17-14-5-4-6-15(8-14)22(3,20)21/h4-6,8,12-13H,7,9-11H2,1-3H3,(H,17,19)/t12-,13-/m0/s1. The third-order valence-electron chi connectivity index (χ3n) is 3.86. The van der Waals surface area contributed by atoms with Crippen LogP contribution in [0.3, 0.4) is 0 Å². The van der Waals surface area contributed by atoms with Gasteiger partial charge < -0.3 is 5.32 Å². The molecule has 1 heterocycles. The number of hydrogen-bond acceptors (Lipinski definition) is 4. The van der Waals surface area contributed by atoms with Crippen LogP contribution < -0.4 is 5.32 Å². The van der Waals surface area contributed by atoms with Crippen LogP contribution in [-0.2, 0) is 14.6 Å². The van der Waals surface area contributed by atoms with E-state index in [2.05, 4.69) is 24.1 Å². The molecule has 122 valence electrons. The largest absolute Gasteiger partial charge is 0.325 e. The molecule has 0 spiro atoms. The van der Waals surface area contributed by atoms with Crippen molar-refractivity contribution in [2.45, 2.75) is 25.2 Å². The predicted octanol–water partition coefficient (Wildman–Crippen LogP) is 2.01. The molecule has 6 heteroatoms. The first kappa shape index (κ1) is 17.0. The topological polar surface area (TPSA) is 66.5 Å². The quantitative estimate of drug-likeness (QED) is 0.920. The van der Waals surface area contributed by atoms with Crippen LogP contribution in [0.2, 0.25) is 0 Å². The maximum absolute atomic E-state index is 12.2. The van der Waals surface area contributed by atoms with Crippen LogP contribution in [-0.4, -0.2) is 45.1 Å². The molecule has 0 aromatic heterocycles. The number of hydrogen-bond donors (Lipinski definition) is 1. The molecular weight excluding hydrogens is 300 g/mol. The third kappa shape index (κ3) is 4.81. The minimum atomic E-state index is -3.26. The molecule has 1 aliphatic rings. The maximum Gasteiger partial charge on any atom is 0.238 e. The normalized spacial score (nSPS) is 23.2. The molecular formula is C16H24N2O3S. The number of benzene rings is 1. The minimum absolute atomic E-state index is 0.105. The molecule has 1 aromatic rings. The Balaban J connectivity index is 1.97. The highest BCUT2D eigenvalue weighted by atomic mass is 32.2. The third-order valence-corrected chi connectivity index (χ3v) is 4.97. The van der Waals surface area contributed by atoms with Gasteiger partial charge in [-0.3, -0.25) is 9.69 Å². The van der Waals surface area contributed by atoms with Crippen molar-refractivity contribution in [3.05, 3.63) is 24.3 Å². The number of likely N-dealkylation sites (tertiary alicyclic amines) is 1. The number of nitrogens with one attached hydrogen (secondary N) is 1. The molecule has 0 bridgehead atoms. The molecule has 2 atom stereocenters. The molecule has 0 saturated carbocycles. The summed E-state index contributed by atoms with van der Waals surface area (Å²) in [5.74, 6) is 1.10. The molecule has 1 amide bonds. The zero-order valence-electron chi connectivity index (χ0n) is 13.4. The van der Waals surface area contributed by atoms with Gasteiger partial charge in [-0.1, -0.05) is 19.9 Å². The van der Waals surface area contributed by atoms with Crippen molar-refractivity contribution in [3.8, 4) is 0 Å². The van der Waals surface area contributed by atoms with E-state index in [-0.39, 0.29) is 10.8 Å². The van der Waals surface area contributed by atoms with E-state index < -0.39 is 9.84 Å². The van der Waals surface area contributed by atoms with Crippen LogP contribution in [0, 0.1) is 11.8 Å². The van der Waals surface area contributed by atoms with E-state index >= 15 is 0 Å². The van der Waals surface area contributed by atoms with Crippen molar-refractivity contribution in [2.75, 3.05) is 31.2 Å². The van der Waals surface area contributed by atoms with E-state index in [1.54, 1.807) is 12.1 Å². The first-order valence-corrected chi connectivity index (χ1v) is 9.45. The summed E-state index contributed by atoms with van der Waals surface area (Å²) in [6, 6.07) is 6.36. The second-order valence-corrected chi connectivity index (χ2v) is 8.50. The number of nitrogens with zero attached hydrogens (tertiary/aromatic N) is 1. The summed E-state index contributed by atoms with van der Waals surface area (Å²) in [6.07, 6.45) is 2.36. The summed E-state index contributed by atoms with van der Waals surface area (Å²) in [5, 5.41) is 2.79. The fourth-order valence-corrected chi connectivity index (χ4v) is 3.80. The predicted molar refractivity (Wildman–Crippen MR) is 87.6 cm³/mol. The SMILES string of the molecule is C[C@H]1C[C@H](C)CN(CC(=O)Nc2cccc(S(C)(=O)=O)c2)C1. The van der Waals surface area contributed by atoms with Gasteiger partial charge in [-0.15, -0.1) is 0 Å². The van der Waals surface area contributed by atoms with Gasteiger partial charge in [-0.2, -0.15) is 0 Å². The first-order valence-electron chi connectivity index (χ1n) is 7.56. The van der Waals surface area contributed by atoms with Crippen molar-refractivity contribution >= 4 is 21.4 Å². The Morgan fingerprint density at radius 2 is 1.91 bits per heavy atom. The molecule has 1 N–H and O–H groups in total. The Morgan fingerprint density at radius 3 is 2.50 bits per heavy atom. The van der Waals surface area contributed by atoms with Gasteiger partial charge in [0.25, 0.3) is 0 Å². The van der Waals surface area contributed by atoms with Gasteiger partial charge in [0.15, 0.2) is 9.84 Å².